The maximum absolute atomic E-state index is 11.1. The molecule has 192 valence electrons. The highest BCUT2D eigenvalue weighted by Crippen LogP contribution is 2.40. The lowest BCUT2D eigenvalue weighted by atomic mass is 9.80. The van der Waals surface area contributed by atoms with E-state index in [9.17, 15) is 5.11 Å². The molecule has 2 unspecified atom stereocenters. The van der Waals surface area contributed by atoms with E-state index in [-0.39, 0.29) is 5.41 Å². The molecule has 33 heavy (non-hydrogen) atoms. The average Bonchev–Trinajstić information content (AvgIpc) is 2.78. The summed E-state index contributed by atoms with van der Waals surface area (Å²) in [7, 11) is 0. The van der Waals surface area contributed by atoms with Crippen molar-refractivity contribution in [1.29, 1.82) is 0 Å². The van der Waals surface area contributed by atoms with Gasteiger partial charge in [0.25, 0.3) is 0 Å². The molecule has 0 heterocycles. The standard InChI is InChI=1S/C32H58O/c1-8-10-11-12-13-14-15-16-17-18-19-20-21-22-23-27(4)30-25-28(32(5,6)7)24-29(31(30)33)26(3)9-2/h24-27,33H,8-23H2,1-7H3. The molecule has 1 heteroatoms. The van der Waals surface area contributed by atoms with E-state index >= 15 is 0 Å². The Balaban J connectivity index is 2.33. The molecule has 1 N–H and O–H groups in total. The topological polar surface area (TPSA) is 20.2 Å². The van der Waals surface area contributed by atoms with Crippen molar-refractivity contribution in [3.8, 4) is 5.75 Å². The minimum Gasteiger partial charge on any atom is -0.507 e. The third-order valence-electron chi connectivity index (χ3n) is 7.70. The number of phenols is 1. The summed E-state index contributed by atoms with van der Waals surface area (Å²) in [4.78, 5) is 0. The first-order valence-electron chi connectivity index (χ1n) is 14.6. The zero-order valence-electron chi connectivity index (χ0n) is 23.6. The SMILES string of the molecule is CCCCCCCCCCCCCCCCC(C)c1cc(C(C)(C)C)cc(C(C)CC)c1O. The third-order valence-corrected chi connectivity index (χ3v) is 7.70. The van der Waals surface area contributed by atoms with Gasteiger partial charge in [-0.1, -0.05) is 150 Å². The highest BCUT2D eigenvalue weighted by Gasteiger charge is 2.22. The molecule has 0 fully saturated rings. The van der Waals surface area contributed by atoms with Crippen molar-refractivity contribution in [3.05, 3.63) is 28.8 Å². The summed E-state index contributed by atoms with van der Waals surface area (Å²) >= 11 is 0. The Bertz CT molecular complexity index is 624. The van der Waals surface area contributed by atoms with E-state index in [1.165, 1.54) is 107 Å². The largest absolute Gasteiger partial charge is 0.507 e. The maximum atomic E-state index is 11.1. The monoisotopic (exact) mass is 458 g/mol. The van der Waals surface area contributed by atoms with Crippen LogP contribution in [0.3, 0.4) is 0 Å². The molecule has 0 saturated carbocycles. The van der Waals surface area contributed by atoms with Gasteiger partial charge in [0.1, 0.15) is 5.75 Å². The summed E-state index contributed by atoms with van der Waals surface area (Å²) in [5, 5.41) is 11.1. The van der Waals surface area contributed by atoms with Crippen molar-refractivity contribution in [2.24, 2.45) is 0 Å². The Morgan fingerprint density at radius 1 is 0.636 bits per heavy atom. The molecule has 0 radical (unpaired) electrons. The minimum absolute atomic E-state index is 0.111. The van der Waals surface area contributed by atoms with Crippen LogP contribution in [-0.2, 0) is 5.41 Å². The number of unbranched alkanes of at least 4 members (excludes halogenated alkanes) is 13. The van der Waals surface area contributed by atoms with E-state index in [2.05, 4.69) is 60.6 Å². The molecule has 0 bridgehead atoms. The van der Waals surface area contributed by atoms with Gasteiger partial charge < -0.3 is 5.11 Å². The van der Waals surface area contributed by atoms with Crippen LogP contribution < -0.4 is 0 Å². The Labute approximate surface area is 208 Å². The normalized spacial score (nSPS) is 13.9. The smallest absolute Gasteiger partial charge is 0.122 e. The van der Waals surface area contributed by atoms with Crippen molar-refractivity contribution in [2.75, 3.05) is 0 Å². The van der Waals surface area contributed by atoms with Gasteiger partial charge >= 0.3 is 0 Å². The van der Waals surface area contributed by atoms with Crippen LogP contribution in [0.4, 0.5) is 0 Å². The predicted octanol–water partition coefficient (Wildman–Crippen LogP) is 11.2. The van der Waals surface area contributed by atoms with Gasteiger partial charge in [-0.3, -0.25) is 0 Å². The summed E-state index contributed by atoms with van der Waals surface area (Å²) in [6, 6.07) is 4.54. The minimum atomic E-state index is 0.111. The lowest BCUT2D eigenvalue weighted by Crippen LogP contribution is -2.13. The molecule has 0 aliphatic heterocycles. The van der Waals surface area contributed by atoms with Crippen molar-refractivity contribution in [1.82, 2.24) is 0 Å². The molecule has 0 saturated heterocycles. The van der Waals surface area contributed by atoms with Gasteiger partial charge in [-0.2, -0.15) is 0 Å². The average molecular weight is 459 g/mol. The summed E-state index contributed by atoms with van der Waals surface area (Å²) in [6.07, 6.45) is 21.9. The van der Waals surface area contributed by atoms with Gasteiger partial charge in [-0.15, -0.1) is 0 Å². The highest BCUT2D eigenvalue weighted by atomic mass is 16.3. The van der Waals surface area contributed by atoms with Crippen LogP contribution in [0.1, 0.15) is 180 Å². The highest BCUT2D eigenvalue weighted by molar-refractivity contribution is 5.48. The molecule has 0 amide bonds. The number of hydrogen-bond acceptors (Lipinski definition) is 1. The lowest BCUT2D eigenvalue weighted by molar-refractivity contribution is 0.442. The Morgan fingerprint density at radius 3 is 1.42 bits per heavy atom. The fraction of sp³-hybridized carbons (Fsp3) is 0.812. The van der Waals surface area contributed by atoms with Gasteiger partial charge in [0, 0.05) is 0 Å². The summed E-state index contributed by atoms with van der Waals surface area (Å²) < 4.78 is 0. The Hall–Kier alpha value is -0.980. The van der Waals surface area contributed by atoms with Crippen LogP contribution >= 0.6 is 0 Å². The summed E-state index contributed by atoms with van der Waals surface area (Å²) in [5.41, 5.74) is 3.79. The van der Waals surface area contributed by atoms with Crippen LogP contribution in [0.5, 0.6) is 5.75 Å². The molecule has 1 nitrogen and oxygen atoms in total. The number of phenolic OH excluding ortho intramolecular Hbond substituents is 1. The van der Waals surface area contributed by atoms with Crippen molar-refractivity contribution < 1.29 is 5.11 Å². The fourth-order valence-electron chi connectivity index (χ4n) is 4.88. The second-order valence-corrected chi connectivity index (χ2v) is 11.8. The Kier molecular flexibility index (Phi) is 15.1. The molecule has 2 atom stereocenters. The van der Waals surface area contributed by atoms with Crippen LogP contribution in [-0.4, -0.2) is 5.11 Å². The first-order valence-corrected chi connectivity index (χ1v) is 14.6. The second-order valence-electron chi connectivity index (χ2n) is 11.8. The van der Waals surface area contributed by atoms with E-state index in [0.717, 1.165) is 12.0 Å². The number of rotatable bonds is 18. The molecule has 1 aromatic carbocycles. The van der Waals surface area contributed by atoms with Gasteiger partial charge in [0.05, 0.1) is 0 Å². The predicted molar refractivity (Wildman–Crippen MR) is 149 cm³/mol. The molecule has 1 aromatic rings. The molecule has 0 aliphatic rings. The van der Waals surface area contributed by atoms with Gasteiger partial charge in [0.15, 0.2) is 0 Å². The van der Waals surface area contributed by atoms with Gasteiger partial charge in [-0.05, 0) is 46.8 Å². The molecular weight excluding hydrogens is 400 g/mol. The fourth-order valence-corrected chi connectivity index (χ4v) is 4.88. The van der Waals surface area contributed by atoms with Crippen LogP contribution in [0.2, 0.25) is 0 Å². The van der Waals surface area contributed by atoms with E-state index in [0.29, 0.717) is 17.6 Å². The zero-order chi connectivity index (χ0) is 24.7. The summed E-state index contributed by atoms with van der Waals surface area (Å²) in [6.45, 7) is 15.9. The van der Waals surface area contributed by atoms with E-state index in [1.807, 2.05) is 0 Å². The molecule has 0 aromatic heterocycles. The van der Waals surface area contributed by atoms with E-state index in [4.69, 9.17) is 0 Å². The lowest BCUT2D eigenvalue weighted by Gasteiger charge is -2.26. The second kappa shape index (κ2) is 16.6. The molecular formula is C32H58O. The number of benzene rings is 1. The zero-order valence-corrected chi connectivity index (χ0v) is 23.6. The maximum Gasteiger partial charge on any atom is 0.122 e. The van der Waals surface area contributed by atoms with Crippen LogP contribution in [0.25, 0.3) is 0 Å². The molecule has 0 spiro atoms. The molecule has 1 rings (SSSR count). The van der Waals surface area contributed by atoms with Crippen molar-refractivity contribution in [3.63, 3.8) is 0 Å². The third kappa shape index (κ3) is 11.8. The number of aromatic hydroxyl groups is 1. The van der Waals surface area contributed by atoms with E-state index < -0.39 is 0 Å². The Morgan fingerprint density at radius 2 is 1.03 bits per heavy atom. The van der Waals surface area contributed by atoms with Crippen molar-refractivity contribution >= 4 is 0 Å². The van der Waals surface area contributed by atoms with Crippen LogP contribution in [0.15, 0.2) is 12.1 Å². The number of hydrogen-bond donors (Lipinski definition) is 1. The van der Waals surface area contributed by atoms with Crippen LogP contribution in [0, 0.1) is 0 Å². The molecule has 0 aliphatic carbocycles. The first kappa shape index (κ1) is 30.1. The summed E-state index contributed by atoms with van der Waals surface area (Å²) in [5.74, 6) is 1.39. The van der Waals surface area contributed by atoms with E-state index in [1.54, 1.807) is 0 Å². The first-order chi connectivity index (χ1) is 15.7. The van der Waals surface area contributed by atoms with Crippen molar-refractivity contribution in [2.45, 2.75) is 168 Å². The van der Waals surface area contributed by atoms with Gasteiger partial charge in [-0.25, -0.2) is 0 Å². The quantitative estimate of drug-likeness (QED) is 0.217. The van der Waals surface area contributed by atoms with Gasteiger partial charge in [0.2, 0.25) is 0 Å².